The summed E-state index contributed by atoms with van der Waals surface area (Å²) in [5.74, 6) is 0. The summed E-state index contributed by atoms with van der Waals surface area (Å²) in [4.78, 5) is 0. The maximum absolute atomic E-state index is 4.18. The Morgan fingerprint density at radius 2 is 2.00 bits per heavy atom. The van der Waals surface area contributed by atoms with E-state index in [4.69, 9.17) is 0 Å². The van der Waals surface area contributed by atoms with E-state index in [0.717, 1.165) is 6.54 Å². The Bertz CT molecular complexity index is 132. The molecule has 1 atom stereocenters. The van der Waals surface area contributed by atoms with Gasteiger partial charge in [0.1, 0.15) is 0 Å². The molecule has 12 heavy (non-hydrogen) atoms. The van der Waals surface area contributed by atoms with Crippen molar-refractivity contribution in [1.82, 2.24) is 0 Å². The predicted octanol–water partition coefficient (Wildman–Crippen LogP) is 3.57. The van der Waals surface area contributed by atoms with Crippen molar-refractivity contribution in [2.45, 2.75) is 57.9 Å². The van der Waals surface area contributed by atoms with Crippen LogP contribution in [-0.4, -0.2) is 12.6 Å². The first-order chi connectivity index (χ1) is 5.93. The molecule has 1 aliphatic rings. The first-order valence-corrected chi connectivity index (χ1v) is 5.30. The smallest absolute Gasteiger partial charge is 0.0726 e. The van der Waals surface area contributed by atoms with Gasteiger partial charge in [-0.2, -0.15) is 10.2 Å². The molecule has 0 aromatic heterocycles. The normalized spacial score (nSPS) is 21.9. The fourth-order valence-electron chi connectivity index (χ4n) is 1.62. The third-order valence-electron chi connectivity index (χ3n) is 2.45. The number of azo groups is 1. The van der Waals surface area contributed by atoms with Crippen LogP contribution in [0.2, 0.25) is 0 Å². The minimum atomic E-state index is 0.576. The van der Waals surface area contributed by atoms with E-state index < -0.39 is 0 Å². The van der Waals surface area contributed by atoms with E-state index in [2.05, 4.69) is 17.2 Å². The van der Waals surface area contributed by atoms with Crippen LogP contribution in [0.5, 0.6) is 0 Å². The monoisotopic (exact) mass is 168 g/mol. The van der Waals surface area contributed by atoms with Gasteiger partial charge in [0.05, 0.1) is 12.6 Å². The Balaban J connectivity index is 1.85. The molecular weight excluding hydrogens is 148 g/mol. The van der Waals surface area contributed by atoms with Gasteiger partial charge in [-0.25, -0.2) is 0 Å². The topological polar surface area (TPSA) is 24.7 Å². The second-order valence-corrected chi connectivity index (χ2v) is 3.63. The summed E-state index contributed by atoms with van der Waals surface area (Å²) in [5.41, 5.74) is 0. The highest BCUT2D eigenvalue weighted by Gasteiger charge is 2.10. The molecular formula is C10H20N2. The highest BCUT2D eigenvalue weighted by atomic mass is 15.1. The maximum atomic E-state index is 4.18. The SMILES string of the molecule is CCCCCCCC1CCN=N1. The maximum Gasteiger partial charge on any atom is 0.0726 e. The average molecular weight is 168 g/mol. The van der Waals surface area contributed by atoms with Crippen molar-refractivity contribution < 1.29 is 0 Å². The van der Waals surface area contributed by atoms with Gasteiger partial charge >= 0.3 is 0 Å². The first kappa shape index (κ1) is 9.69. The fourth-order valence-corrected chi connectivity index (χ4v) is 1.62. The molecule has 2 heteroatoms. The number of hydrogen-bond acceptors (Lipinski definition) is 2. The van der Waals surface area contributed by atoms with Gasteiger partial charge in [-0.3, -0.25) is 0 Å². The lowest BCUT2D eigenvalue weighted by molar-refractivity contribution is 0.544. The van der Waals surface area contributed by atoms with Crippen molar-refractivity contribution in [3.05, 3.63) is 0 Å². The van der Waals surface area contributed by atoms with Gasteiger partial charge in [0.25, 0.3) is 0 Å². The standard InChI is InChI=1S/C10H20N2/c1-2-3-4-5-6-7-10-8-9-11-12-10/h10H,2-9H2,1H3. The van der Waals surface area contributed by atoms with Crippen molar-refractivity contribution in [2.75, 3.05) is 6.54 Å². The van der Waals surface area contributed by atoms with Crippen LogP contribution >= 0.6 is 0 Å². The Hall–Kier alpha value is -0.400. The van der Waals surface area contributed by atoms with Crippen molar-refractivity contribution in [2.24, 2.45) is 10.2 Å². The van der Waals surface area contributed by atoms with Crippen molar-refractivity contribution in [3.63, 3.8) is 0 Å². The molecule has 0 bridgehead atoms. The molecule has 1 aliphatic heterocycles. The summed E-state index contributed by atoms with van der Waals surface area (Å²) in [6, 6.07) is 0.576. The highest BCUT2D eigenvalue weighted by Crippen LogP contribution is 2.15. The van der Waals surface area contributed by atoms with Crippen LogP contribution in [-0.2, 0) is 0 Å². The Kier molecular flexibility index (Phi) is 4.97. The highest BCUT2D eigenvalue weighted by molar-refractivity contribution is 4.70. The molecule has 0 fully saturated rings. The largest absolute Gasteiger partial charge is 0.194 e. The lowest BCUT2D eigenvalue weighted by Gasteiger charge is -2.03. The Morgan fingerprint density at radius 1 is 1.17 bits per heavy atom. The minimum absolute atomic E-state index is 0.576. The van der Waals surface area contributed by atoms with Gasteiger partial charge in [-0.15, -0.1) is 0 Å². The van der Waals surface area contributed by atoms with Crippen LogP contribution < -0.4 is 0 Å². The number of rotatable bonds is 6. The second-order valence-electron chi connectivity index (χ2n) is 3.63. The molecule has 0 aliphatic carbocycles. The third-order valence-corrected chi connectivity index (χ3v) is 2.45. The third kappa shape index (κ3) is 3.84. The molecule has 2 nitrogen and oxygen atoms in total. The van der Waals surface area contributed by atoms with E-state index in [9.17, 15) is 0 Å². The molecule has 1 unspecified atom stereocenters. The Morgan fingerprint density at radius 3 is 2.67 bits per heavy atom. The van der Waals surface area contributed by atoms with E-state index in [0.29, 0.717) is 6.04 Å². The average Bonchev–Trinajstić information content (AvgIpc) is 2.57. The quantitative estimate of drug-likeness (QED) is 0.542. The summed E-state index contributed by atoms with van der Waals surface area (Å²) in [6.45, 7) is 3.23. The van der Waals surface area contributed by atoms with Gasteiger partial charge in [0.2, 0.25) is 0 Å². The lowest BCUT2D eigenvalue weighted by atomic mass is 10.1. The van der Waals surface area contributed by atoms with Crippen molar-refractivity contribution in [1.29, 1.82) is 0 Å². The molecule has 0 saturated heterocycles. The molecule has 70 valence electrons. The molecule has 0 saturated carbocycles. The van der Waals surface area contributed by atoms with Gasteiger partial charge < -0.3 is 0 Å². The molecule has 1 rings (SSSR count). The van der Waals surface area contributed by atoms with Gasteiger partial charge in [-0.05, 0) is 12.8 Å². The summed E-state index contributed by atoms with van der Waals surface area (Å²) in [6.07, 6.45) is 9.35. The second kappa shape index (κ2) is 6.15. The Labute approximate surface area is 75.5 Å². The van der Waals surface area contributed by atoms with Gasteiger partial charge in [0, 0.05) is 0 Å². The summed E-state index contributed by atoms with van der Waals surface area (Å²) in [5, 5.41) is 8.18. The van der Waals surface area contributed by atoms with E-state index in [-0.39, 0.29) is 0 Å². The lowest BCUT2D eigenvalue weighted by Crippen LogP contribution is -1.99. The number of nitrogens with zero attached hydrogens (tertiary/aromatic N) is 2. The van der Waals surface area contributed by atoms with E-state index in [1.54, 1.807) is 0 Å². The summed E-state index contributed by atoms with van der Waals surface area (Å²) in [7, 11) is 0. The van der Waals surface area contributed by atoms with Gasteiger partial charge in [0.15, 0.2) is 0 Å². The molecule has 1 heterocycles. The van der Waals surface area contributed by atoms with Gasteiger partial charge in [-0.1, -0.05) is 39.0 Å². The zero-order valence-electron chi connectivity index (χ0n) is 8.13. The van der Waals surface area contributed by atoms with E-state index >= 15 is 0 Å². The zero-order chi connectivity index (χ0) is 8.65. The van der Waals surface area contributed by atoms with E-state index in [1.165, 1.54) is 44.9 Å². The number of hydrogen-bond donors (Lipinski definition) is 0. The van der Waals surface area contributed by atoms with Crippen LogP contribution in [0.25, 0.3) is 0 Å². The minimum Gasteiger partial charge on any atom is -0.194 e. The molecule has 0 spiro atoms. The molecule has 0 aromatic carbocycles. The molecule has 0 amide bonds. The van der Waals surface area contributed by atoms with Crippen LogP contribution in [0.4, 0.5) is 0 Å². The van der Waals surface area contributed by atoms with Crippen molar-refractivity contribution >= 4 is 0 Å². The molecule has 0 N–H and O–H groups in total. The first-order valence-electron chi connectivity index (χ1n) is 5.30. The molecule has 0 radical (unpaired) electrons. The zero-order valence-corrected chi connectivity index (χ0v) is 8.13. The van der Waals surface area contributed by atoms with Crippen LogP contribution in [0.3, 0.4) is 0 Å². The number of unbranched alkanes of at least 4 members (excludes halogenated alkanes) is 4. The van der Waals surface area contributed by atoms with Crippen molar-refractivity contribution in [3.8, 4) is 0 Å². The van der Waals surface area contributed by atoms with Crippen LogP contribution in [0.1, 0.15) is 51.9 Å². The van der Waals surface area contributed by atoms with E-state index in [1.807, 2.05) is 0 Å². The summed E-state index contributed by atoms with van der Waals surface area (Å²) >= 11 is 0. The predicted molar refractivity (Wildman–Crippen MR) is 51.5 cm³/mol. The van der Waals surface area contributed by atoms with Crippen LogP contribution in [0, 0.1) is 0 Å². The molecule has 0 aromatic rings. The fraction of sp³-hybridized carbons (Fsp3) is 1.00. The van der Waals surface area contributed by atoms with Crippen LogP contribution in [0.15, 0.2) is 10.2 Å². The summed E-state index contributed by atoms with van der Waals surface area (Å²) < 4.78 is 0.